The molecule has 1 aromatic carbocycles. The first-order valence-electron chi connectivity index (χ1n) is 6.84. The number of carbonyl (C=O) groups excluding carboxylic acids is 1. The Kier molecular flexibility index (Phi) is 6.15. The van der Waals surface area contributed by atoms with Gasteiger partial charge in [0.1, 0.15) is 5.69 Å². The largest absolute Gasteiger partial charge is 0.383 e. The molecule has 1 amide bonds. The first-order chi connectivity index (χ1) is 11.0. The van der Waals surface area contributed by atoms with Crippen molar-refractivity contribution in [3.8, 4) is 0 Å². The molecule has 122 valence electrons. The van der Waals surface area contributed by atoms with E-state index >= 15 is 0 Å². The molecule has 2 rings (SSSR count). The summed E-state index contributed by atoms with van der Waals surface area (Å²) >= 11 is 11.9. The van der Waals surface area contributed by atoms with Gasteiger partial charge < -0.3 is 15.4 Å². The number of amides is 1. The van der Waals surface area contributed by atoms with Gasteiger partial charge in [-0.3, -0.25) is 4.79 Å². The van der Waals surface area contributed by atoms with Gasteiger partial charge in [0, 0.05) is 35.1 Å². The monoisotopic (exact) mass is 354 g/mol. The zero-order valence-corrected chi connectivity index (χ0v) is 14.2. The SMILES string of the molecule is COCCNC(=O)c1cc(C)nc(Nc2cc(Cl)cc(Cl)c2)n1. The number of carbonyl (C=O) groups is 1. The highest BCUT2D eigenvalue weighted by Gasteiger charge is 2.10. The van der Waals surface area contributed by atoms with Gasteiger partial charge in [0.2, 0.25) is 5.95 Å². The number of aryl methyl sites for hydroxylation is 1. The van der Waals surface area contributed by atoms with Crippen LogP contribution in [0.3, 0.4) is 0 Å². The lowest BCUT2D eigenvalue weighted by atomic mass is 10.3. The average Bonchev–Trinajstić information content (AvgIpc) is 2.45. The van der Waals surface area contributed by atoms with Crippen LogP contribution < -0.4 is 10.6 Å². The summed E-state index contributed by atoms with van der Waals surface area (Å²) in [5.74, 6) is -0.0000450. The van der Waals surface area contributed by atoms with Crippen molar-refractivity contribution in [3.63, 3.8) is 0 Å². The topological polar surface area (TPSA) is 76.1 Å². The van der Waals surface area contributed by atoms with Crippen LogP contribution in [-0.4, -0.2) is 36.1 Å². The van der Waals surface area contributed by atoms with Gasteiger partial charge >= 0.3 is 0 Å². The highest BCUT2D eigenvalue weighted by Crippen LogP contribution is 2.24. The Bertz CT molecular complexity index is 690. The summed E-state index contributed by atoms with van der Waals surface area (Å²) in [6, 6.07) is 6.62. The van der Waals surface area contributed by atoms with Crippen LogP contribution in [0.4, 0.5) is 11.6 Å². The minimum atomic E-state index is -0.292. The van der Waals surface area contributed by atoms with Gasteiger partial charge in [0.15, 0.2) is 0 Å². The molecular formula is C15H16Cl2N4O2. The van der Waals surface area contributed by atoms with Crippen LogP contribution in [0.25, 0.3) is 0 Å². The number of hydrogen-bond acceptors (Lipinski definition) is 5. The van der Waals surface area contributed by atoms with E-state index < -0.39 is 0 Å². The van der Waals surface area contributed by atoms with Gasteiger partial charge in [-0.1, -0.05) is 23.2 Å². The fourth-order valence-corrected chi connectivity index (χ4v) is 2.38. The van der Waals surface area contributed by atoms with E-state index in [0.717, 1.165) is 0 Å². The van der Waals surface area contributed by atoms with Crippen LogP contribution >= 0.6 is 23.2 Å². The Morgan fingerprint density at radius 1 is 1.17 bits per heavy atom. The predicted octanol–water partition coefficient (Wildman–Crippen LogP) is 3.21. The van der Waals surface area contributed by atoms with Gasteiger partial charge in [-0.2, -0.15) is 0 Å². The normalized spacial score (nSPS) is 10.4. The molecule has 0 aliphatic carbocycles. The number of rotatable bonds is 6. The number of halogens is 2. The maximum atomic E-state index is 12.1. The second kappa shape index (κ2) is 8.10. The Labute approximate surface area is 144 Å². The molecule has 2 N–H and O–H groups in total. The van der Waals surface area contributed by atoms with Crippen LogP contribution in [0.1, 0.15) is 16.2 Å². The number of hydrogen-bond donors (Lipinski definition) is 2. The van der Waals surface area contributed by atoms with Gasteiger partial charge in [0.05, 0.1) is 6.61 Å². The van der Waals surface area contributed by atoms with Crippen molar-refractivity contribution in [2.24, 2.45) is 0 Å². The highest BCUT2D eigenvalue weighted by molar-refractivity contribution is 6.35. The van der Waals surface area contributed by atoms with E-state index in [-0.39, 0.29) is 11.6 Å². The van der Waals surface area contributed by atoms with E-state index in [9.17, 15) is 4.79 Å². The summed E-state index contributed by atoms with van der Waals surface area (Å²) in [5, 5.41) is 6.69. The molecule has 1 aromatic heterocycles. The number of nitrogens with zero attached hydrogens (tertiary/aromatic N) is 2. The Balaban J connectivity index is 2.18. The van der Waals surface area contributed by atoms with Crippen molar-refractivity contribution in [1.82, 2.24) is 15.3 Å². The lowest BCUT2D eigenvalue weighted by molar-refractivity contribution is 0.0932. The minimum absolute atomic E-state index is 0.268. The van der Waals surface area contributed by atoms with Gasteiger partial charge in [-0.05, 0) is 31.2 Å². The smallest absolute Gasteiger partial charge is 0.270 e. The standard InChI is InChI=1S/C15H16Cl2N4O2/c1-9-5-13(14(22)18-3-4-23-2)21-15(19-9)20-12-7-10(16)6-11(17)8-12/h5-8H,3-4H2,1-2H3,(H,18,22)(H,19,20,21). The van der Waals surface area contributed by atoms with E-state index in [1.54, 1.807) is 38.3 Å². The van der Waals surface area contributed by atoms with Gasteiger partial charge in [-0.15, -0.1) is 0 Å². The zero-order chi connectivity index (χ0) is 16.8. The number of methoxy groups -OCH3 is 1. The van der Waals surface area contributed by atoms with Crippen molar-refractivity contribution in [1.29, 1.82) is 0 Å². The van der Waals surface area contributed by atoms with Gasteiger partial charge in [-0.25, -0.2) is 9.97 Å². The molecule has 0 aliphatic heterocycles. The lowest BCUT2D eigenvalue weighted by Crippen LogP contribution is -2.28. The van der Waals surface area contributed by atoms with Crippen LogP contribution in [0, 0.1) is 6.92 Å². The van der Waals surface area contributed by atoms with Gasteiger partial charge in [0.25, 0.3) is 5.91 Å². The van der Waals surface area contributed by atoms with Crippen molar-refractivity contribution in [3.05, 3.63) is 45.7 Å². The molecule has 23 heavy (non-hydrogen) atoms. The molecule has 0 fully saturated rings. The molecule has 0 bridgehead atoms. The Hall–Kier alpha value is -1.89. The van der Waals surface area contributed by atoms with Crippen molar-refractivity contribution in [2.45, 2.75) is 6.92 Å². The minimum Gasteiger partial charge on any atom is -0.383 e. The summed E-state index contributed by atoms with van der Waals surface area (Å²) in [7, 11) is 1.57. The number of ether oxygens (including phenoxy) is 1. The average molecular weight is 355 g/mol. The lowest BCUT2D eigenvalue weighted by Gasteiger charge is -2.09. The highest BCUT2D eigenvalue weighted by atomic mass is 35.5. The molecule has 6 nitrogen and oxygen atoms in total. The van der Waals surface area contributed by atoms with E-state index in [0.29, 0.717) is 40.5 Å². The third kappa shape index (κ3) is 5.35. The van der Waals surface area contributed by atoms with E-state index in [1.165, 1.54) is 0 Å². The van der Waals surface area contributed by atoms with E-state index in [1.807, 2.05) is 0 Å². The number of anilines is 2. The zero-order valence-electron chi connectivity index (χ0n) is 12.7. The first-order valence-corrected chi connectivity index (χ1v) is 7.59. The van der Waals surface area contributed by atoms with Crippen LogP contribution in [0.2, 0.25) is 10.0 Å². The molecule has 1 heterocycles. The second-order valence-corrected chi connectivity index (χ2v) is 5.62. The summed E-state index contributed by atoms with van der Waals surface area (Å²) in [6.45, 7) is 2.62. The summed E-state index contributed by atoms with van der Waals surface area (Å²) in [5.41, 5.74) is 1.57. The van der Waals surface area contributed by atoms with E-state index in [4.69, 9.17) is 27.9 Å². The Morgan fingerprint density at radius 2 is 1.87 bits per heavy atom. The molecule has 0 spiro atoms. The molecule has 0 saturated carbocycles. The number of benzene rings is 1. The molecule has 0 radical (unpaired) electrons. The van der Waals surface area contributed by atoms with Crippen LogP contribution in [0.15, 0.2) is 24.3 Å². The van der Waals surface area contributed by atoms with Crippen molar-refractivity contribution in [2.75, 3.05) is 25.6 Å². The summed E-state index contributed by atoms with van der Waals surface area (Å²) < 4.78 is 4.89. The third-order valence-electron chi connectivity index (χ3n) is 2.80. The molecule has 0 unspecified atom stereocenters. The van der Waals surface area contributed by atoms with Crippen LogP contribution in [-0.2, 0) is 4.74 Å². The maximum Gasteiger partial charge on any atom is 0.270 e. The second-order valence-electron chi connectivity index (χ2n) is 4.75. The fraction of sp³-hybridized carbons (Fsp3) is 0.267. The molecule has 0 saturated heterocycles. The first kappa shape index (κ1) is 17.5. The summed E-state index contributed by atoms with van der Waals surface area (Å²) in [6.07, 6.45) is 0. The molecule has 8 heteroatoms. The quantitative estimate of drug-likeness (QED) is 0.779. The predicted molar refractivity (Wildman–Crippen MR) is 90.7 cm³/mol. The molecule has 0 atom stereocenters. The number of nitrogens with one attached hydrogen (secondary N) is 2. The third-order valence-corrected chi connectivity index (χ3v) is 3.23. The maximum absolute atomic E-state index is 12.1. The van der Waals surface area contributed by atoms with Crippen LogP contribution in [0.5, 0.6) is 0 Å². The molecular weight excluding hydrogens is 339 g/mol. The van der Waals surface area contributed by atoms with E-state index in [2.05, 4.69) is 20.6 Å². The summed E-state index contributed by atoms with van der Waals surface area (Å²) in [4.78, 5) is 20.5. The van der Waals surface area contributed by atoms with Crippen molar-refractivity contribution >= 4 is 40.7 Å². The Morgan fingerprint density at radius 3 is 2.52 bits per heavy atom. The molecule has 0 aliphatic rings. The van der Waals surface area contributed by atoms with Crippen molar-refractivity contribution < 1.29 is 9.53 Å². The molecule has 2 aromatic rings. The number of aromatic nitrogens is 2. The fourth-order valence-electron chi connectivity index (χ4n) is 1.85.